The molecule has 0 aliphatic rings. The zero-order chi connectivity index (χ0) is 13.9. The quantitative estimate of drug-likeness (QED) is 0.785. The van der Waals surface area contributed by atoms with Crippen molar-refractivity contribution in [2.24, 2.45) is 0 Å². The summed E-state index contributed by atoms with van der Waals surface area (Å²) in [6.45, 7) is 0. The van der Waals surface area contributed by atoms with Crippen LogP contribution in [-0.2, 0) is 0 Å². The van der Waals surface area contributed by atoms with Crippen LogP contribution in [0.1, 0.15) is 0 Å². The van der Waals surface area contributed by atoms with E-state index in [-0.39, 0.29) is 5.75 Å². The van der Waals surface area contributed by atoms with E-state index in [1.54, 1.807) is 31.5 Å². The van der Waals surface area contributed by atoms with Crippen LogP contribution in [0.2, 0.25) is 0 Å². The summed E-state index contributed by atoms with van der Waals surface area (Å²) in [6, 6.07) is 14.5. The zero-order valence-corrected chi connectivity index (χ0v) is 10.9. The van der Waals surface area contributed by atoms with E-state index in [2.05, 4.69) is 4.98 Å². The van der Waals surface area contributed by atoms with Gasteiger partial charge in [-0.3, -0.25) is 0 Å². The Morgan fingerprint density at radius 2 is 1.70 bits per heavy atom. The number of phenolic OH excluding ortho intramolecular Hbond substituents is 1. The lowest BCUT2D eigenvalue weighted by atomic mass is 10.1. The number of aromatic hydroxyl groups is 1. The summed E-state index contributed by atoms with van der Waals surface area (Å²) in [4.78, 5) is 4.22. The maximum atomic E-state index is 9.82. The molecule has 0 saturated heterocycles. The van der Waals surface area contributed by atoms with Gasteiger partial charge < -0.3 is 14.3 Å². The lowest BCUT2D eigenvalue weighted by molar-refractivity contribution is 0.414. The molecule has 1 N–H and O–H groups in total. The molecule has 0 aliphatic heterocycles. The predicted molar refractivity (Wildman–Crippen MR) is 75.6 cm³/mol. The summed E-state index contributed by atoms with van der Waals surface area (Å²) in [5.74, 6) is 1.83. The molecule has 1 aromatic heterocycles. The first-order valence-corrected chi connectivity index (χ1v) is 6.17. The molecule has 0 aliphatic carbocycles. The Hall–Kier alpha value is -2.75. The maximum Gasteiger partial charge on any atom is 0.230 e. The minimum Gasteiger partial charge on any atom is -0.507 e. The van der Waals surface area contributed by atoms with Crippen LogP contribution in [0.5, 0.6) is 11.5 Å². The number of hydrogen-bond donors (Lipinski definition) is 1. The number of methoxy groups -OCH3 is 1. The molecule has 3 aromatic rings. The number of phenols is 1. The fourth-order valence-electron chi connectivity index (χ4n) is 2.03. The highest BCUT2D eigenvalue weighted by molar-refractivity contribution is 5.68. The van der Waals surface area contributed by atoms with Gasteiger partial charge in [-0.2, -0.15) is 0 Å². The number of rotatable bonds is 3. The van der Waals surface area contributed by atoms with Crippen molar-refractivity contribution in [1.29, 1.82) is 0 Å². The Bertz CT molecular complexity index is 734. The first-order valence-electron chi connectivity index (χ1n) is 6.17. The second kappa shape index (κ2) is 5.09. The van der Waals surface area contributed by atoms with Crippen molar-refractivity contribution in [3.05, 3.63) is 54.7 Å². The minimum atomic E-state index is 0.140. The molecular formula is C16H13NO3. The van der Waals surface area contributed by atoms with Crippen molar-refractivity contribution >= 4 is 0 Å². The van der Waals surface area contributed by atoms with E-state index in [0.29, 0.717) is 23.0 Å². The van der Waals surface area contributed by atoms with Gasteiger partial charge in [-0.1, -0.05) is 24.3 Å². The largest absolute Gasteiger partial charge is 0.507 e. The topological polar surface area (TPSA) is 55.5 Å². The lowest BCUT2D eigenvalue weighted by Gasteiger charge is -2.04. The molecule has 4 nitrogen and oxygen atoms in total. The van der Waals surface area contributed by atoms with Crippen molar-refractivity contribution in [3.63, 3.8) is 0 Å². The van der Waals surface area contributed by atoms with Crippen LogP contribution in [-0.4, -0.2) is 17.2 Å². The molecule has 20 heavy (non-hydrogen) atoms. The highest BCUT2D eigenvalue weighted by atomic mass is 16.5. The Morgan fingerprint density at radius 1 is 1.00 bits per heavy atom. The Kier molecular flexibility index (Phi) is 3.13. The fourth-order valence-corrected chi connectivity index (χ4v) is 2.03. The summed E-state index contributed by atoms with van der Waals surface area (Å²) in [5.41, 5.74) is 1.39. The van der Waals surface area contributed by atoms with Crippen LogP contribution in [0.15, 0.2) is 59.1 Å². The number of oxazole rings is 1. The second-order valence-corrected chi connectivity index (χ2v) is 4.25. The highest BCUT2D eigenvalue weighted by Gasteiger charge is 2.13. The third kappa shape index (κ3) is 2.12. The van der Waals surface area contributed by atoms with Crippen LogP contribution in [0.4, 0.5) is 0 Å². The lowest BCUT2D eigenvalue weighted by Crippen LogP contribution is -1.85. The Balaban J connectivity index is 2.05. The summed E-state index contributed by atoms with van der Waals surface area (Å²) >= 11 is 0. The Morgan fingerprint density at radius 3 is 2.45 bits per heavy atom. The molecular weight excluding hydrogens is 254 g/mol. The van der Waals surface area contributed by atoms with Crippen molar-refractivity contribution in [3.8, 4) is 34.3 Å². The normalized spacial score (nSPS) is 10.4. The van der Waals surface area contributed by atoms with Crippen molar-refractivity contribution < 1.29 is 14.3 Å². The second-order valence-electron chi connectivity index (χ2n) is 4.25. The van der Waals surface area contributed by atoms with Crippen LogP contribution >= 0.6 is 0 Å². The molecule has 3 rings (SSSR count). The average molecular weight is 267 g/mol. The van der Waals surface area contributed by atoms with Gasteiger partial charge in [0.25, 0.3) is 0 Å². The Labute approximate surface area is 116 Å². The van der Waals surface area contributed by atoms with Crippen LogP contribution in [0, 0.1) is 0 Å². The van der Waals surface area contributed by atoms with E-state index >= 15 is 0 Å². The van der Waals surface area contributed by atoms with Gasteiger partial charge in [-0.25, -0.2) is 4.98 Å². The molecule has 0 radical (unpaired) electrons. The van der Waals surface area contributed by atoms with E-state index in [9.17, 15) is 5.11 Å². The van der Waals surface area contributed by atoms with Crippen molar-refractivity contribution in [1.82, 2.24) is 4.98 Å². The molecule has 2 aromatic carbocycles. The minimum absolute atomic E-state index is 0.140. The van der Waals surface area contributed by atoms with E-state index in [1.807, 2.05) is 30.3 Å². The predicted octanol–water partition coefficient (Wildman–Crippen LogP) is 3.72. The van der Waals surface area contributed by atoms with Crippen LogP contribution < -0.4 is 4.74 Å². The van der Waals surface area contributed by atoms with Gasteiger partial charge in [0.05, 0.1) is 24.4 Å². The van der Waals surface area contributed by atoms with Crippen molar-refractivity contribution in [2.45, 2.75) is 0 Å². The number of ether oxygens (including phenoxy) is 1. The number of nitrogens with zero attached hydrogens (tertiary/aromatic N) is 1. The van der Waals surface area contributed by atoms with Gasteiger partial charge in [0.2, 0.25) is 5.89 Å². The van der Waals surface area contributed by atoms with E-state index in [4.69, 9.17) is 9.15 Å². The number of benzene rings is 2. The van der Waals surface area contributed by atoms with Gasteiger partial charge in [0.1, 0.15) is 11.5 Å². The average Bonchev–Trinajstić information content (AvgIpc) is 2.97. The maximum absolute atomic E-state index is 9.82. The van der Waals surface area contributed by atoms with Gasteiger partial charge in [-0.15, -0.1) is 0 Å². The molecule has 1 heterocycles. The summed E-state index contributed by atoms with van der Waals surface area (Å²) in [5, 5.41) is 9.82. The van der Waals surface area contributed by atoms with Gasteiger partial charge >= 0.3 is 0 Å². The summed E-state index contributed by atoms with van der Waals surface area (Å²) in [7, 11) is 1.61. The highest BCUT2D eigenvalue weighted by Crippen LogP contribution is 2.34. The number of para-hydroxylation sites is 2. The third-order valence-electron chi connectivity index (χ3n) is 3.01. The van der Waals surface area contributed by atoms with Crippen LogP contribution in [0.25, 0.3) is 22.8 Å². The molecule has 0 spiro atoms. The van der Waals surface area contributed by atoms with Gasteiger partial charge in [0.15, 0.2) is 5.76 Å². The third-order valence-corrected chi connectivity index (χ3v) is 3.01. The fraction of sp³-hybridized carbons (Fsp3) is 0.0625. The molecule has 0 unspecified atom stereocenters. The SMILES string of the molecule is COc1ccccc1-c1cnc(-c2ccccc2O)o1. The standard InChI is InChI=1S/C16H13NO3/c1-19-14-9-5-3-7-12(14)15-10-17-16(20-15)11-6-2-4-8-13(11)18/h2-10,18H,1H3. The summed E-state index contributed by atoms with van der Waals surface area (Å²) in [6.07, 6.45) is 1.62. The van der Waals surface area contributed by atoms with E-state index in [1.165, 1.54) is 0 Å². The van der Waals surface area contributed by atoms with Gasteiger partial charge in [0, 0.05) is 0 Å². The first kappa shape index (κ1) is 12.3. The molecule has 0 fully saturated rings. The number of hydrogen-bond acceptors (Lipinski definition) is 4. The van der Waals surface area contributed by atoms with E-state index < -0.39 is 0 Å². The molecule has 0 saturated carbocycles. The first-order chi connectivity index (χ1) is 9.79. The molecule has 4 heteroatoms. The molecule has 0 atom stereocenters. The smallest absolute Gasteiger partial charge is 0.230 e. The molecule has 0 bridgehead atoms. The summed E-state index contributed by atoms with van der Waals surface area (Å²) < 4.78 is 11.0. The van der Waals surface area contributed by atoms with E-state index in [0.717, 1.165) is 5.56 Å². The van der Waals surface area contributed by atoms with Crippen molar-refractivity contribution in [2.75, 3.05) is 7.11 Å². The molecule has 100 valence electrons. The zero-order valence-electron chi connectivity index (χ0n) is 10.9. The molecule has 0 amide bonds. The monoisotopic (exact) mass is 267 g/mol. The van der Waals surface area contributed by atoms with Crippen LogP contribution in [0.3, 0.4) is 0 Å². The van der Waals surface area contributed by atoms with Gasteiger partial charge in [-0.05, 0) is 24.3 Å². The number of aromatic nitrogens is 1.